The highest BCUT2D eigenvalue weighted by molar-refractivity contribution is 8.01. The number of nitrogens with one attached hydrogen (secondary N) is 1. The van der Waals surface area contributed by atoms with Crippen LogP contribution < -0.4 is 10.2 Å². The van der Waals surface area contributed by atoms with Gasteiger partial charge in [0.25, 0.3) is 11.6 Å². The van der Waals surface area contributed by atoms with Crippen LogP contribution in [-0.2, 0) is 0 Å². The summed E-state index contributed by atoms with van der Waals surface area (Å²) < 4.78 is 0.717. The summed E-state index contributed by atoms with van der Waals surface area (Å²) in [6.07, 6.45) is 1.61. The number of pyridine rings is 1. The van der Waals surface area contributed by atoms with E-state index >= 15 is 0 Å². The van der Waals surface area contributed by atoms with Crippen LogP contribution in [0, 0.1) is 17.0 Å². The lowest BCUT2D eigenvalue weighted by molar-refractivity contribution is -0.387. The van der Waals surface area contributed by atoms with Crippen molar-refractivity contribution in [2.24, 2.45) is 0 Å². The molecule has 3 aromatic rings. The Morgan fingerprint density at radius 2 is 2.00 bits per heavy atom. The number of carbonyl (C=O) groups excluding carboxylic acids is 1. The number of likely N-dealkylation sites (N-methyl/N-ethyl adjacent to an activating group) is 1. The number of nitro groups is 1. The van der Waals surface area contributed by atoms with E-state index in [4.69, 9.17) is 0 Å². The van der Waals surface area contributed by atoms with Gasteiger partial charge in [-0.2, -0.15) is 0 Å². The van der Waals surface area contributed by atoms with Gasteiger partial charge in [0.05, 0.1) is 21.7 Å². The summed E-state index contributed by atoms with van der Waals surface area (Å²) in [7, 11) is 2.10. The van der Waals surface area contributed by atoms with Gasteiger partial charge in [-0.3, -0.25) is 14.9 Å². The number of carbonyl (C=O) groups is 1. The van der Waals surface area contributed by atoms with Gasteiger partial charge in [0.1, 0.15) is 5.82 Å². The van der Waals surface area contributed by atoms with Gasteiger partial charge < -0.3 is 15.1 Å². The number of thiazole rings is 1. The molecule has 1 aromatic carbocycles. The number of nitro benzene ring substituents is 1. The van der Waals surface area contributed by atoms with Crippen molar-refractivity contribution >= 4 is 46.2 Å². The Hall–Kier alpha value is -3.02. The van der Waals surface area contributed by atoms with Gasteiger partial charge in [0.15, 0.2) is 4.34 Å². The quantitative estimate of drug-likeness (QED) is 0.427. The minimum Gasteiger partial charge on any atom is -0.354 e. The van der Waals surface area contributed by atoms with Crippen molar-refractivity contribution in [2.45, 2.75) is 16.2 Å². The minimum absolute atomic E-state index is 0.126. The van der Waals surface area contributed by atoms with Crippen LogP contribution in [0.15, 0.2) is 51.1 Å². The van der Waals surface area contributed by atoms with Gasteiger partial charge >= 0.3 is 0 Å². The number of hydrogen-bond acceptors (Lipinski definition) is 9. The molecule has 4 rings (SSSR count). The van der Waals surface area contributed by atoms with E-state index in [0.29, 0.717) is 14.9 Å². The first kappa shape index (κ1) is 22.2. The van der Waals surface area contributed by atoms with Gasteiger partial charge in [0.2, 0.25) is 0 Å². The number of hydrogen-bond donors (Lipinski definition) is 1. The fraction of sp³-hybridized carbons (Fsp3) is 0.286. The second kappa shape index (κ2) is 9.63. The Kier molecular flexibility index (Phi) is 6.68. The molecule has 11 heteroatoms. The van der Waals surface area contributed by atoms with Crippen molar-refractivity contribution in [3.8, 4) is 0 Å². The van der Waals surface area contributed by atoms with Gasteiger partial charge in [-0.1, -0.05) is 11.8 Å². The van der Waals surface area contributed by atoms with Crippen molar-refractivity contribution < 1.29 is 9.72 Å². The Labute approximate surface area is 193 Å². The van der Waals surface area contributed by atoms with Gasteiger partial charge in [0, 0.05) is 48.9 Å². The van der Waals surface area contributed by atoms with Crippen molar-refractivity contribution in [3.63, 3.8) is 0 Å². The summed E-state index contributed by atoms with van der Waals surface area (Å²) in [4.78, 5) is 37.5. The largest absolute Gasteiger partial charge is 0.354 e. The maximum absolute atomic E-state index is 12.7. The molecule has 0 unspecified atom stereocenters. The number of piperazine rings is 1. The van der Waals surface area contributed by atoms with Crippen LogP contribution >= 0.6 is 23.1 Å². The number of amides is 1. The zero-order valence-electron chi connectivity index (χ0n) is 17.6. The SMILES string of the molecule is Cc1csc(Sc2ccc(C(=O)Nc3ccc(N4CCN(C)CC4)nc3)cc2[N+](=O)[O-])n1. The Morgan fingerprint density at radius 1 is 1.22 bits per heavy atom. The van der Waals surface area contributed by atoms with E-state index in [-0.39, 0.29) is 11.3 Å². The number of anilines is 2. The molecule has 3 heterocycles. The molecular weight excluding hydrogens is 448 g/mol. The van der Waals surface area contributed by atoms with Crippen molar-refractivity contribution in [3.05, 3.63) is 63.3 Å². The zero-order chi connectivity index (χ0) is 22.7. The summed E-state index contributed by atoms with van der Waals surface area (Å²) >= 11 is 2.65. The molecule has 1 fully saturated rings. The number of aryl methyl sites for hydroxylation is 1. The third-order valence-corrected chi connectivity index (χ3v) is 7.17. The molecule has 0 saturated carbocycles. The Morgan fingerprint density at radius 3 is 2.62 bits per heavy atom. The van der Waals surface area contributed by atoms with Crippen molar-refractivity contribution in [1.82, 2.24) is 14.9 Å². The molecular formula is C21H22N6O3S2. The molecule has 1 saturated heterocycles. The normalized spacial score (nSPS) is 14.4. The first-order valence-electron chi connectivity index (χ1n) is 9.98. The monoisotopic (exact) mass is 470 g/mol. The number of rotatable bonds is 6. The summed E-state index contributed by atoms with van der Waals surface area (Å²) in [5, 5.41) is 16.2. The number of aromatic nitrogens is 2. The van der Waals surface area contributed by atoms with Crippen LogP contribution in [-0.4, -0.2) is 58.9 Å². The maximum atomic E-state index is 12.7. The predicted octanol–water partition coefficient (Wildman–Crippen LogP) is 3.91. The molecule has 2 aromatic heterocycles. The molecule has 0 atom stereocenters. The van der Waals surface area contributed by atoms with Crippen LogP contribution in [0.2, 0.25) is 0 Å². The highest BCUT2D eigenvalue weighted by Crippen LogP contribution is 2.36. The second-order valence-electron chi connectivity index (χ2n) is 7.45. The van der Waals surface area contributed by atoms with E-state index in [9.17, 15) is 14.9 Å². The first-order chi connectivity index (χ1) is 15.4. The number of benzene rings is 1. The van der Waals surface area contributed by atoms with E-state index in [1.807, 2.05) is 18.4 Å². The van der Waals surface area contributed by atoms with Crippen molar-refractivity contribution in [1.29, 1.82) is 0 Å². The molecule has 0 bridgehead atoms. The third kappa shape index (κ3) is 5.23. The standard InChI is InChI=1S/C21H22N6O3S2/c1-14-13-31-21(23-14)32-18-5-3-15(11-17(18)27(29)30)20(28)24-16-4-6-19(22-12-16)26-9-7-25(2)8-10-26/h3-6,11-13H,7-10H2,1-2H3,(H,24,28). The van der Waals surface area contributed by atoms with Crippen LogP contribution in [0.25, 0.3) is 0 Å². The van der Waals surface area contributed by atoms with Gasteiger partial charge in [-0.05, 0) is 38.2 Å². The smallest absolute Gasteiger partial charge is 0.284 e. The van der Waals surface area contributed by atoms with Gasteiger partial charge in [-0.25, -0.2) is 9.97 Å². The molecule has 32 heavy (non-hydrogen) atoms. The molecule has 1 amide bonds. The van der Waals surface area contributed by atoms with E-state index in [2.05, 4.69) is 32.1 Å². The van der Waals surface area contributed by atoms with Gasteiger partial charge in [-0.15, -0.1) is 11.3 Å². The average molecular weight is 471 g/mol. The van der Waals surface area contributed by atoms with E-state index < -0.39 is 10.8 Å². The van der Waals surface area contributed by atoms with Crippen LogP contribution in [0.4, 0.5) is 17.2 Å². The van der Waals surface area contributed by atoms with E-state index in [1.165, 1.54) is 29.2 Å². The molecule has 166 valence electrons. The van der Waals surface area contributed by atoms with Crippen LogP contribution in [0.5, 0.6) is 0 Å². The van der Waals surface area contributed by atoms with Crippen molar-refractivity contribution in [2.75, 3.05) is 43.4 Å². The summed E-state index contributed by atoms with van der Waals surface area (Å²) in [5.74, 6) is 0.439. The lowest BCUT2D eigenvalue weighted by Gasteiger charge is -2.33. The maximum Gasteiger partial charge on any atom is 0.284 e. The third-order valence-electron chi connectivity index (χ3n) is 5.05. The van der Waals surface area contributed by atoms with Crippen LogP contribution in [0.1, 0.15) is 16.1 Å². The second-order valence-corrected chi connectivity index (χ2v) is 9.59. The van der Waals surface area contributed by atoms with E-state index in [0.717, 1.165) is 37.7 Å². The molecule has 0 radical (unpaired) electrons. The molecule has 0 spiro atoms. The Balaban J connectivity index is 1.45. The highest BCUT2D eigenvalue weighted by Gasteiger charge is 2.20. The molecule has 1 N–H and O–H groups in total. The molecule has 0 aliphatic carbocycles. The average Bonchev–Trinajstić information content (AvgIpc) is 3.19. The molecule has 1 aliphatic rings. The summed E-state index contributed by atoms with van der Waals surface area (Å²) in [5.41, 5.74) is 1.48. The topological polar surface area (TPSA) is 105 Å². The van der Waals surface area contributed by atoms with Crippen LogP contribution in [0.3, 0.4) is 0 Å². The predicted molar refractivity (Wildman–Crippen MR) is 126 cm³/mol. The lowest BCUT2D eigenvalue weighted by atomic mass is 10.2. The molecule has 1 aliphatic heterocycles. The minimum atomic E-state index is -0.480. The van der Waals surface area contributed by atoms with E-state index in [1.54, 1.807) is 24.4 Å². The zero-order valence-corrected chi connectivity index (χ0v) is 19.3. The summed E-state index contributed by atoms with van der Waals surface area (Å²) in [6.45, 7) is 5.65. The highest BCUT2D eigenvalue weighted by atomic mass is 32.2. The molecule has 9 nitrogen and oxygen atoms in total. The lowest BCUT2D eigenvalue weighted by Crippen LogP contribution is -2.44. The fourth-order valence-corrected chi connectivity index (χ4v) is 5.13. The number of nitrogens with zero attached hydrogens (tertiary/aromatic N) is 5. The fourth-order valence-electron chi connectivity index (χ4n) is 3.25. The first-order valence-corrected chi connectivity index (χ1v) is 11.7. The summed E-state index contributed by atoms with van der Waals surface area (Å²) in [6, 6.07) is 8.13. The Bertz CT molecular complexity index is 1130.